The van der Waals surface area contributed by atoms with Gasteiger partial charge < -0.3 is 27.4 Å². The fourth-order valence-corrected chi connectivity index (χ4v) is 17.7. The van der Waals surface area contributed by atoms with E-state index in [1.54, 1.807) is 0 Å². The van der Waals surface area contributed by atoms with Crippen LogP contribution in [0.15, 0.2) is 276 Å². The second-order valence-corrected chi connectivity index (χ2v) is 27.1. The van der Waals surface area contributed by atoms with E-state index in [2.05, 4.69) is 234 Å². The molecule has 486 valence electrons. The number of para-hydroxylation sites is 6. The number of anilines is 2. The molecule has 0 spiro atoms. The zero-order chi connectivity index (χ0) is 68.2. The highest BCUT2D eigenvalue weighted by Crippen LogP contribution is 2.60. The van der Waals surface area contributed by atoms with Crippen molar-refractivity contribution in [2.75, 3.05) is 4.90 Å². The van der Waals surface area contributed by atoms with Crippen LogP contribution in [-0.2, 0) is 0 Å². The molecule has 1 unspecified atom stereocenters. The lowest BCUT2D eigenvalue weighted by Crippen LogP contribution is -2.23. The van der Waals surface area contributed by atoms with Crippen LogP contribution in [0, 0.1) is 0 Å². The van der Waals surface area contributed by atoms with Crippen molar-refractivity contribution in [1.29, 1.82) is 0 Å². The van der Waals surface area contributed by atoms with E-state index in [0.29, 0.717) is 29.1 Å². The Bertz CT molecular complexity index is 7060. The van der Waals surface area contributed by atoms with Crippen molar-refractivity contribution in [2.45, 2.75) is 32.6 Å². The summed E-state index contributed by atoms with van der Waals surface area (Å²) >= 11 is 0. The molecular weight excluding hydrogens is 1270 g/mol. The maximum atomic E-state index is 7.07. The van der Waals surface area contributed by atoms with Crippen molar-refractivity contribution >= 4 is 145 Å². The number of hydrogen-bond acceptors (Lipinski definition) is 9. The highest BCUT2D eigenvalue weighted by atomic mass is 16.5. The summed E-state index contributed by atoms with van der Waals surface area (Å²) in [5.74, 6) is 3.68. The fourth-order valence-electron chi connectivity index (χ4n) is 17.7. The van der Waals surface area contributed by atoms with Crippen molar-refractivity contribution in [1.82, 2.24) is 33.6 Å². The van der Waals surface area contributed by atoms with Gasteiger partial charge in [-0.05, 0) is 158 Å². The highest BCUT2D eigenvalue weighted by molar-refractivity contribution is 6.33. The van der Waals surface area contributed by atoms with Crippen molar-refractivity contribution in [3.63, 3.8) is 0 Å². The molecule has 4 aliphatic rings. The normalized spacial score (nSPS) is 15.4. The van der Waals surface area contributed by atoms with Crippen LogP contribution in [0.5, 0.6) is 17.2 Å². The average Bonchev–Trinajstić information content (AvgIpc) is 1.55. The van der Waals surface area contributed by atoms with Crippen molar-refractivity contribution in [3.8, 4) is 62.5 Å². The number of allylic oxidation sites excluding steroid dienone is 7. The Hall–Kier alpha value is -13.6. The molecule has 0 bridgehead atoms. The topological polar surface area (TPSA) is 114 Å². The predicted molar refractivity (Wildman–Crippen MR) is 418 cm³/mol. The lowest BCUT2D eigenvalue weighted by molar-refractivity contribution is 0.486. The second-order valence-electron chi connectivity index (χ2n) is 27.1. The molecule has 7 aromatic heterocycles. The highest BCUT2D eigenvalue weighted by Gasteiger charge is 2.45. The van der Waals surface area contributed by atoms with Gasteiger partial charge in [0, 0.05) is 82.8 Å². The molecule has 0 N–H and O–H groups in total. The van der Waals surface area contributed by atoms with Gasteiger partial charge in [0.05, 0.1) is 77.9 Å². The predicted octanol–water partition coefficient (Wildman–Crippen LogP) is 23.9. The van der Waals surface area contributed by atoms with Crippen LogP contribution < -0.4 is 14.4 Å². The minimum Gasteiger partial charge on any atom is -0.456 e. The summed E-state index contributed by atoms with van der Waals surface area (Å²) in [7, 11) is 0. The maximum absolute atomic E-state index is 7.07. The van der Waals surface area contributed by atoms with Crippen molar-refractivity contribution < 1.29 is 18.3 Å². The van der Waals surface area contributed by atoms with E-state index in [0.717, 1.165) is 188 Å². The lowest BCUT2D eigenvalue weighted by Gasteiger charge is -2.31. The van der Waals surface area contributed by atoms with Gasteiger partial charge in [-0.2, -0.15) is 0 Å². The van der Waals surface area contributed by atoms with Gasteiger partial charge in [0.25, 0.3) is 0 Å². The maximum Gasteiger partial charge on any atom is 0.235 e. The largest absolute Gasteiger partial charge is 0.456 e. The molecule has 22 rings (SSSR count). The van der Waals surface area contributed by atoms with Gasteiger partial charge in [-0.25, -0.2) is 19.9 Å². The van der Waals surface area contributed by atoms with Crippen molar-refractivity contribution in [3.05, 3.63) is 296 Å². The molecule has 0 radical (unpaired) electrons. The molecular formula is C91H58N8O4. The third kappa shape index (κ3) is 7.78. The Kier molecular flexibility index (Phi) is 11.8. The number of nitrogens with zero attached hydrogens (tertiary/aromatic N) is 8. The Morgan fingerprint density at radius 2 is 1.25 bits per heavy atom. The molecule has 11 aromatic carbocycles. The zero-order valence-corrected chi connectivity index (χ0v) is 56.1. The number of ether oxygens (including phenoxy) is 2. The van der Waals surface area contributed by atoms with E-state index in [4.69, 9.17) is 38.2 Å². The van der Waals surface area contributed by atoms with Gasteiger partial charge in [0.1, 0.15) is 45.3 Å². The van der Waals surface area contributed by atoms with Crippen molar-refractivity contribution in [2.24, 2.45) is 0 Å². The number of benzene rings is 11. The number of furan rings is 2. The third-order valence-electron chi connectivity index (χ3n) is 21.8. The first kappa shape index (κ1) is 57.3. The number of fused-ring (bicyclic) bond motifs is 26. The molecule has 18 aromatic rings. The summed E-state index contributed by atoms with van der Waals surface area (Å²) in [6.45, 7) is 15.2. The molecule has 0 saturated carbocycles. The summed E-state index contributed by atoms with van der Waals surface area (Å²) < 4.78 is 34.2. The number of aromatic nitrogens is 7. The van der Waals surface area contributed by atoms with Gasteiger partial charge in [0.15, 0.2) is 0 Å². The molecule has 3 aliphatic heterocycles. The van der Waals surface area contributed by atoms with E-state index in [-0.39, 0.29) is 11.8 Å². The molecule has 10 heterocycles. The van der Waals surface area contributed by atoms with Crippen LogP contribution in [0.1, 0.15) is 60.7 Å². The first-order valence-corrected chi connectivity index (χ1v) is 34.9. The molecule has 0 fully saturated rings. The van der Waals surface area contributed by atoms with Gasteiger partial charge in [-0.1, -0.05) is 160 Å². The Balaban J connectivity index is 0.717. The van der Waals surface area contributed by atoms with Gasteiger partial charge in [0.2, 0.25) is 11.9 Å². The van der Waals surface area contributed by atoms with Crippen LogP contribution in [0.3, 0.4) is 0 Å². The third-order valence-corrected chi connectivity index (χ3v) is 21.8. The Morgan fingerprint density at radius 1 is 0.534 bits per heavy atom. The first-order chi connectivity index (χ1) is 50.8. The molecule has 1 aliphatic carbocycles. The summed E-state index contributed by atoms with van der Waals surface area (Å²) in [6.07, 6.45) is 14.6. The molecule has 0 amide bonds. The summed E-state index contributed by atoms with van der Waals surface area (Å²) in [5, 5.41) is 10.6. The number of hydrogen-bond donors (Lipinski definition) is 0. The monoisotopic (exact) mass is 1330 g/mol. The quantitative estimate of drug-likeness (QED) is 0.137. The zero-order valence-electron chi connectivity index (χ0n) is 56.1. The first-order valence-electron chi connectivity index (χ1n) is 34.9. The van der Waals surface area contributed by atoms with Crippen LogP contribution in [0.2, 0.25) is 0 Å². The van der Waals surface area contributed by atoms with Gasteiger partial charge in [-0.3, -0.25) is 9.47 Å². The second kappa shape index (κ2) is 21.2. The average molecular weight is 1330 g/mol. The summed E-state index contributed by atoms with van der Waals surface area (Å²) in [5.41, 5.74) is 23.5. The minimum absolute atomic E-state index is 0.00168. The SMILES string of the molecule is C=C/C=C\C(=C/C)n1c2c(c3c4oc5ccccc5c4ccc31)[C@@H](C)C1C(=C2)N(c2nc(/C=C\C)c3c(n2)-c2cccc(-c4cccc(-n5c6ccccc6c6c7c8ccc9oc%10ccccc%10c9c8n(-c8nc9c%10c(cccc%10n8)Oc8ccccc8-9)c7ccc65)c4)c2OC3=C)c2ccccc21. The molecule has 103 heavy (non-hydrogen) atoms. The van der Waals surface area contributed by atoms with E-state index in [1.807, 2.05) is 79.8 Å². The van der Waals surface area contributed by atoms with E-state index in [1.165, 1.54) is 11.1 Å². The van der Waals surface area contributed by atoms with Crippen LogP contribution in [-0.4, -0.2) is 33.6 Å². The smallest absolute Gasteiger partial charge is 0.235 e. The molecule has 12 heteroatoms. The standard InChI is InChI=1S/C91H58N8O4/c1-6-9-25-52(8-3)96-69-43-41-56-55-27-12-17-37-72(55)103-89(56)84(69)78-49(4)77-57-28-10-16-36-66(57)98(70(77)48-71(78)96)90-92-63(23-7-2)79-50(5)100-88-54(32-21-33-62(88)86(79)95-90)51-24-20-26-53(47-51)97-65-35-15-11-29-58(65)80-67(97)44-45-68-81(80)61-42-46-76-82(59-30-13-18-38-73(59)101-76)87(61)99(68)91-93-64-34-22-40-75-83(64)85(94-91)60-31-14-19-39-74(60)102-75/h6-49,77H,1,5H2,2-4H3/b23-7-,25-9-,52-8+/t49-,77?/m0/s1. The lowest BCUT2D eigenvalue weighted by atomic mass is 9.77. The van der Waals surface area contributed by atoms with Gasteiger partial charge in [-0.15, -0.1) is 0 Å². The summed E-state index contributed by atoms with van der Waals surface area (Å²) in [4.78, 5) is 24.6. The van der Waals surface area contributed by atoms with Crippen LogP contribution in [0.4, 0.5) is 11.6 Å². The number of rotatable bonds is 8. The summed E-state index contributed by atoms with van der Waals surface area (Å²) in [6, 6.07) is 76.7. The molecule has 2 atom stereocenters. The molecule has 12 nitrogen and oxygen atoms in total. The molecule has 0 saturated heterocycles. The fraction of sp³-hybridized carbons (Fsp3) is 0.0549. The van der Waals surface area contributed by atoms with E-state index < -0.39 is 0 Å². The van der Waals surface area contributed by atoms with Gasteiger partial charge >= 0.3 is 0 Å². The van der Waals surface area contributed by atoms with E-state index >= 15 is 0 Å². The Labute approximate surface area is 588 Å². The van der Waals surface area contributed by atoms with Crippen LogP contribution >= 0.6 is 0 Å². The minimum atomic E-state index is -0.0507. The van der Waals surface area contributed by atoms with Crippen LogP contribution in [0.25, 0.3) is 178 Å². The Morgan fingerprint density at radius 3 is 2.13 bits per heavy atom. The van der Waals surface area contributed by atoms with E-state index in [9.17, 15) is 0 Å².